The number of nitrogens with one attached hydrogen (secondary N) is 1. The molecule has 2 aromatic rings. The fourth-order valence-electron chi connectivity index (χ4n) is 6.45. The second kappa shape index (κ2) is 5.97. The van der Waals surface area contributed by atoms with Crippen LogP contribution in [0.2, 0.25) is 0 Å². The number of benzene rings is 1. The smallest absolute Gasteiger partial charge is 0.312 e. The van der Waals surface area contributed by atoms with Gasteiger partial charge < -0.3 is 19.2 Å². The van der Waals surface area contributed by atoms with Crippen molar-refractivity contribution in [1.29, 1.82) is 0 Å². The Hall–Kier alpha value is -2.05. The third kappa shape index (κ3) is 2.19. The minimum Gasteiger partial charge on any atom is -0.497 e. The monoisotopic (exact) mass is 382 g/mol. The van der Waals surface area contributed by atoms with Gasteiger partial charge in [-0.15, -0.1) is 0 Å². The van der Waals surface area contributed by atoms with E-state index in [0.717, 1.165) is 43.6 Å². The lowest BCUT2D eigenvalue weighted by Crippen LogP contribution is -2.53. The highest BCUT2D eigenvalue weighted by Gasteiger charge is 2.58. The zero-order chi connectivity index (χ0) is 19.0. The van der Waals surface area contributed by atoms with E-state index < -0.39 is 0 Å². The van der Waals surface area contributed by atoms with Gasteiger partial charge in [0.2, 0.25) is 0 Å². The molecule has 4 aliphatic rings. The van der Waals surface area contributed by atoms with Crippen molar-refractivity contribution in [3.05, 3.63) is 29.5 Å². The van der Waals surface area contributed by atoms with Crippen LogP contribution in [0.25, 0.3) is 10.9 Å². The molecule has 2 saturated heterocycles. The second-order valence-corrected chi connectivity index (χ2v) is 8.79. The molecule has 3 aliphatic heterocycles. The molecule has 0 spiro atoms. The number of aromatic nitrogens is 1. The van der Waals surface area contributed by atoms with Crippen molar-refractivity contribution in [2.24, 2.45) is 17.8 Å². The van der Waals surface area contributed by atoms with E-state index in [1.165, 1.54) is 16.6 Å². The minimum absolute atomic E-state index is 0.0461. The molecule has 0 unspecified atom stereocenters. The number of rotatable bonds is 2. The summed E-state index contributed by atoms with van der Waals surface area (Å²) in [5.74, 6) is 1.59. The average molecular weight is 382 g/mol. The quantitative estimate of drug-likeness (QED) is 0.809. The second-order valence-electron chi connectivity index (χ2n) is 8.79. The highest BCUT2D eigenvalue weighted by molar-refractivity contribution is 5.86. The van der Waals surface area contributed by atoms with Crippen LogP contribution in [0.1, 0.15) is 30.1 Å². The van der Waals surface area contributed by atoms with Gasteiger partial charge in [0, 0.05) is 42.9 Å². The SMILES string of the molecule is COc1ccc2c3c([nH]c2c1)[C@H]1C[C@H]2[C@H](C[C@H]4OC(=O)[C@@H]2[C@H]4OC)CN1CC3. The van der Waals surface area contributed by atoms with Gasteiger partial charge in [-0.1, -0.05) is 0 Å². The van der Waals surface area contributed by atoms with Gasteiger partial charge in [0.15, 0.2) is 0 Å². The molecule has 6 atom stereocenters. The predicted octanol–water partition coefficient (Wildman–Crippen LogP) is 2.67. The summed E-state index contributed by atoms with van der Waals surface area (Å²) < 4.78 is 16.8. The van der Waals surface area contributed by atoms with Crippen LogP contribution in [0, 0.1) is 17.8 Å². The Morgan fingerprint density at radius 1 is 1.25 bits per heavy atom. The van der Waals surface area contributed by atoms with E-state index in [-0.39, 0.29) is 24.1 Å². The maximum absolute atomic E-state index is 12.6. The lowest BCUT2D eigenvalue weighted by Gasteiger charge is -2.50. The lowest BCUT2D eigenvalue weighted by atomic mass is 9.65. The number of hydrogen-bond acceptors (Lipinski definition) is 5. The molecule has 2 bridgehead atoms. The van der Waals surface area contributed by atoms with Gasteiger partial charge in [0.1, 0.15) is 18.0 Å². The fraction of sp³-hybridized carbons (Fsp3) is 0.591. The van der Waals surface area contributed by atoms with Crippen molar-refractivity contribution in [3.8, 4) is 5.75 Å². The van der Waals surface area contributed by atoms with E-state index >= 15 is 0 Å². The van der Waals surface area contributed by atoms with Gasteiger partial charge in [-0.3, -0.25) is 9.69 Å². The summed E-state index contributed by atoms with van der Waals surface area (Å²) in [4.78, 5) is 18.9. The first-order chi connectivity index (χ1) is 13.7. The molecule has 1 aromatic carbocycles. The Balaban J connectivity index is 1.39. The molecule has 0 amide bonds. The van der Waals surface area contributed by atoms with Crippen molar-refractivity contribution in [2.45, 2.75) is 37.5 Å². The first kappa shape index (κ1) is 16.9. The number of hydrogen-bond donors (Lipinski definition) is 1. The number of fused-ring (bicyclic) bond motifs is 9. The fourth-order valence-corrected chi connectivity index (χ4v) is 6.45. The molecule has 28 heavy (non-hydrogen) atoms. The normalized spacial score (nSPS) is 36.6. The predicted molar refractivity (Wildman–Crippen MR) is 103 cm³/mol. The standard InChI is InChI=1S/C22H26N2O4/c1-26-12-3-4-13-14-5-6-24-10-11-7-18-21(27-2)19(22(25)28-18)15(11)9-17(24)20(14)23-16(13)8-12/h3-4,8,11,15,17-19,21,23H,5-7,9-10H2,1-2H3/t11-,15+,17-,18-,19+,21+/m1/s1. The largest absolute Gasteiger partial charge is 0.497 e. The van der Waals surface area contributed by atoms with Crippen LogP contribution in [0.4, 0.5) is 0 Å². The van der Waals surface area contributed by atoms with Gasteiger partial charge in [0.05, 0.1) is 19.1 Å². The van der Waals surface area contributed by atoms with Crippen LogP contribution in [-0.2, 0) is 20.7 Å². The van der Waals surface area contributed by atoms with E-state index in [2.05, 4.69) is 22.0 Å². The Kier molecular flexibility index (Phi) is 3.60. The molecule has 1 saturated carbocycles. The molecular weight excluding hydrogens is 356 g/mol. The number of methoxy groups -OCH3 is 2. The van der Waals surface area contributed by atoms with E-state index in [1.807, 2.05) is 6.07 Å². The number of aromatic amines is 1. The zero-order valence-electron chi connectivity index (χ0n) is 16.3. The number of carbonyl (C=O) groups is 1. The Labute approximate surface area is 164 Å². The Bertz CT molecular complexity index is 953. The Morgan fingerprint density at radius 2 is 2.14 bits per heavy atom. The van der Waals surface area contributed by atoms with Crippen LogP contribution >= 0.6 is 0 Å². The highest BCUT2D eigenvalue weighted by atomic mass is 16.6. The van der Waals surface area contributed by atoms with Crippen molar-refractivity contribution < 1.29 is 19.0 Å². The first-order valence-electron chi connectivity index (χ1n) is 10.3. The maximum atomic E-state index is 12.6. The molecule has 4 heterocycles. The van der Waals surface area contributed by atoms with E-state index in [9.17, 15) is 4.79 Å². The molecule has 6 rings (SSSR count). The molecule has 3 fully saturated rings. The number of nitrogens with zero attached hydrogens (tertiary/aromatic N) is 1. The van der Waals surface area contributed by atoms with Crippen LogP contribution in [0.15, 0.2) is 18.2 Å². The van der Waals surface area contributed by atoms with Gasteiger partial charge >= 0.3 is 5.97 Å². The summed E-state index contributed by atoms with van der Waals surface area (Å²) in [6.45, 7) is 2.13. The average Bonchev–Trinajstić information content (AvgIpc) is 3.19. The van der Waals surface area contributed by atoms with Gasteiger partial charge in [-0.25, -0.2) is 0 Å². The third-order valence-electron chi connectivity index (χ3n) is 7.67. The molecule has 6 heteroatoms. The van der Waals surface area contributed by atoms with Crippen molar-refractivity contribution >= 4 is 16.9 Å². The minimum atomic E-state index is -0.106. The Morgan fingerprint density at radius 3 is 2.96 bits per heavy atom. The van der Waals surface area contributed by atoms with Gasteiger partial charge in [-0.05, 0) is 48.8 Å². The number of esters is 1. The number of ether oxygens (including phenoxy) is 3. The molecule has 148 valence electrons. The topological polar surface area (TPSA) is 63.8 Å². The summed E-state index contributed by atoms with van der Waals surface area (Å²) >= 11 is 0. The van der Waals surface area contributed by atoms with Crippen LogP contribution in [0.5, 0.6) is 5.75 Å². The summed E-state index contributed by atoms with van der Waals surface area (Å²) in [5, 5.41) is 1.30. The summed E-state index contributed by atoms with van der Waals surface area (Å²) in [6.07, 6.45) is 2.87. The molecule has 1 N–H and O–H groups in total. The molecule has 6 nitrogen and oxygen atoms in total. The number of piperidine rings is 1. The van der Waals surface area contributed by atoms with Crippen LogP contribution < -0.4 is 4.74 Å². The lowest BCUT2D eigenvalue weighted by molar-refractivity contribution is -0.144. The van der Waals surface area contributed by atoms with E-state index in [4.69, 9.17) is 14.2 Å². The van der Waals surface area contributed by atoms with E-state index in [0.29, 0.717) is 17.9 Å². The molecular formula is C22H26N2O4. The van der Waals surface area contributed by atoms with Crippen molar-refractivity contribution in [3.63, 3.8) is 0 Å². The summed E-state index contributed by atoms with van der Waals surface area (Å²) in [6, 6.07) is 6.64. The molecule has 0 radical (unpaired) electrons. The van der Waals surface area contributed by atoms with Gasteiger partial charge in [0.25, 0.3) is 0 Å². The van der Waals surface area contributed by atoms with Crippen molar-refractivity contribution in [2.75, 3.05) is 27.3 Å². The zero-order valence-corrected chi connectivity index (χ0v) is 16.3. The summed E-state index contributed by atoms with van der Waals surface area (Å²) in [7, 11) is 3.42. The maximum Gasteiger partial charge on any atom is 0.312 e. The third-order valence-corrected chi connectivity index (χ3v) is 7.67. The van der Waals surface area contributed by atoms with Crippen LogP contribution in [-0.4, -0.2) is 55.4 Å². The number of carbonyl (C=O) groups excluding carboxylic acids is 1. The molecule has 1 aromatic heterocycles. The first-order valence-corrected chi connectivity index (χ1v) is 10.3. The molecule has 1 aliphatic carbocycles. The number of H-pyrrole nitrogens is 1. The summed E-state index contributed by atoms with van der Waals surface area (Å²) in [5.41, 5.74) is 3.91. The van der Waals surface area contributed by atoms with Gasteiger partial charge in [-0.2, -0.15) is 0 Å². The van der Waals surface area contributed by atoms with Crippen molar-refractivity contribution in [1.82, 2.24) is 9.88 Å². The highest BCUT2D eigenvalue weighted by Crippen LogP contribution is 2.52. The van der Waals surface area contributed by atoms with Crippen LogP contribution in [0.3, 0.4) is 0 Å². The van der Waals surface area contributed by atoms with E-state index in [1.54, 1.807) is 14.2 Å².